The molecular formula is C23H25NO6. The molecule has 0 amide bonds. The van der Waals surface area contributed by atoms with Gasteiger partial charge in [0.25, 0.3) is 0 Å². The number of ether oxygens (including phenoxy) is 3. The largest absolute Gasteiger partial charge is 0.494 e. The summed E-state index contributed by atoms with van der Waals surface area (Å²) in [5, 5.41) is 0. The van der Waals surface area contributed by atoms with Gasteiger partial charge in [0.2, 0.25) is 5.78 Å². The Balaban J connectivity index is 1.50. The molecule has 0 saturated carbocycles. The summed E-state index contributed by atoms with van der Waals surface area (Å²) in [7, 11) is 0. The molecular weight excluding hydrogens is 386 g/mol. The van der Waals surface area contributed by atoms with E-state index in [0.717, 1.165) is 22.9 Å². The van der Waals surface area contributed by atoms with Crippen molar-refractivity contribution in [3.05, 3.63) is 71.4 Å². The number of nitrogens with zero attached hydrogens (tertiary/aromatic N) is 1. The van der Waals surface area contributed by atoms with Crippen molar-refractivity contribution in [3.8, 4) is 11.5 Å². The molecule has 0 spiro atoms. The summed E-state index contributed by atoms with van der Waals surface area (Å²) in [6.45, 7) is 6.18. The SMILES string of the molecule is CCOc1ccc(OCC(=O)OCC(=O)c2cc(C)n(Cc3ccco3)c2C)cc1. The molecule has 3 aromatic rings. The van der Waals surface area contributed by atoms with Crippen LogP contribution in [0.3, 0.4) is 0 Å². The maximum absolute atomic E-state index is 12.5. The molecule has 7 heteroatoms. The van der Waals surface area contributed by atoms with Gasteiger partial charge in [-0.2, -0.15) is 0 Å². The van der Waals surface area contributed by atoms with E-state index in [2.05, 4.69) is 0 Å². The topological polar surface area (TPSA) is 79.9 Å². The third-order valence-corrected chi connectivity index (χ3v) is 4.62. The Labute approximate surface area is 175 Å². The first-order valence-corrected chi connectivity index (χ1v) is 9.71. The van der Waals surface area contributed by atoms with Crippen LogP contribution in [-0.2, 0) is 16.1 Å². The number of ketones is 1. The Morgan fingerprint density at radius 2 is 1.70 bits per heavy atom. The quantitative estimate of drug-likeness (QED) is 0.371. The molecule has 0 atom stereocenters. The van der Waals surface area contributed by atoms with Crippen LogP contribution in [0, 0.1) is 13.8 Å². The van der Waals surface area contributed by atoms with Gasteiger partial charge in [-0.3, -0.25) is 4.79 Å². The van der Waals surface area contributed by atoms with E-state index in [1.807, 2.05) is 37.5 Å². The van der Waals surface area contributed by atoms with Crippen LogP contribution in [-0.4, -0.2) is 36.1 Å². The first-order chi connectivity index (χ1) is 14.5. The van der Waals surface area contributed by atoms with E-state index in [1.54, 1.807) is 36.6 Å². The Morgan fingerprint density at radius 3 is 2.33 bits per heavy atom. The molecule has 0 fully saturated rings. The second-order valence-corrected chi connectivity index (χ2v) is 6.73. The standard InChI is InChI=1S/C23H25NO6/c1-4-27-18-7-9-19(10-8-18)29-15-23(26)30-14-22(25)21-12-16(2)24(17(21)3)13-20-6-5-11-28-20/h5-12H,4,13-15H2,1-3H3. The number of Topliss-reactive ketones (excluding diaryl/α,β-unsaturated/α-hetero) is 1. The Morgan fingerprint density at radius 1 is 1.00 bits per heavy atom. The minimum Gasteiger partial charge on any atom is -0.494 e. The fraction of sp³-hybridized carbons (Fsp3) is 0.304. The lowest BCUT2D eigenvalue weighted by atomic mass is 10.1. The number of carbonyl (C=O) groups excluding carboxylic acids is 2. The first-order valence-electron chi connectivity index (χ1n) is 9.71. The zero-order valence-electron chi connectivity index (χ0n) is 17.3. The smallest absolute Gasteiger partial charge is 0.344 e. The highest BCUT2D eigenvalue weighted by atomic mass is 16.6. The summed E-state index contributed by atoms with van der Waals surface area (Å²) < 4.78 is 23.2. The van der Waals surface area contributed by atoms with Crippen molar-refractivity contribution in [2.24, 2.45) is 0 Å². The van der Waals surface area contributed by atoms with Crippen LogP contribution in [0.25, 0.3) is 0 Å². The number of hydrogen-bond donors (Lipinski definition) is 0. The van der Waals surface area contributed by atoms with Gasteiger partial charge >= 0.3 is 5.97 Å². The van der Waals surface area contributed by atoms with E-state index < -0.39 is 5.97 Å². The highest BCUT2D eigenvalue weighted by molar-refractivity contribution is 5.99. The van der Waals surface area contributed by atoms with Crippen molar-refractivity contribution in [2.75, 3.05) is 19.8 Å². The average Bonchev–Trinajstić information content (AvgIpc) is 3.35. The van der Waals surface area contributed by atoms with Crippen LogP contribution < -0.4 is 9.47 Å². The van der Waals surface area contributed by atoms with Crippen molar-refractivity contribution >= 4 is 11.8 Å². The van der Waals surface area contributed by atoms with Gasteiger partial charge in [0, 0.05) is 17.0 Å². The Kier molecular flexibility index (Phi) is 6.95. The molecule has 158 valence electrons. The second kappa shape index (κ2) is 9.82. The summed E-state index contributed by atoms with van der Waals surface area (Å²) in [6, 6.07) is 12.4. The number of rotatable bonds is 10. The van der Waals surface area contributed by atoms with Crippen LogP contribution in [0.5, 0.6) is 11.5 Å². The summed E-state index contributed by atoms with van der Waals surface area (Å²) in [5.41, 5.74) is 2.26. The molecule has 0 radical (unpaired) electrons. The summed E-state index contributed by atoms with van der Waals surface area (Å²) in [4.78, 5) is 24.5. The van der Waals surface area contributed by atoms with Gasteiger partial charge in [-0.15, -0.1) is 0 Å². The summed E-state index contributed by atoms with van der Waals surface area (Å²) in [6.07, 6.45) is 1.62. The lowest BCUT2D eigenvalue weighted by Gasteiger charge is -2.09. The predicted octanol–water partition coefficient (Wildman–Crippen LogP) is 3.95. The van der Waals surface area contributed by atoms with E-state index >= 15 is 0 Å². The molecule has 0 bridgehead atoms. The van der Waals surface area contributed by atoms with Crippen LogP contribution in [0.4, 0.5) is 0 Å². The van der Waals surface area contributed by atoms with E-state index in [-0.39, 0.29) is 19.0 Å². The van der Waals surface area contributed by atoms with E-state index in [9.17, 15) is 9.59 Å². The Hall–Kier alpha value is -3.48. The highest BCUT2D eigenvalue weighted by Gasteiger charge is 2.18. The molecule has 0 aliphatic heterocycles. The minimum atomic E-state index is -0.610. The van der Waals surface area contributed by atoms with Gasteiger partial charge in [-0.1, -0.05) is 0 Å². The fourth-order valence-electron chi connectivity index (χ4n) is 3.09. The van der Waals surface area contributed by atoms with Gasteiger partial charge in [0.1, 0.15) is 17.3 Å². The van der Waals surface area contributed by atoms with Crippen LogP contribution >= 0.6 is 0 Å². The van der Waals surface area contributed by atoms with Gasteiger partial charge < -0.3 is 23.2 Å². The fourth-order valence-corrected chi connectivity index (χ4v) is 3.09. The van der Waals surface area contributed by atoms with Gasteiger partial charge in [-0.25, -0.2) is 4.79 Å². The predicted molar refractivity (Wildman–Crippen MR) is 110 cm³/mol. The van der Waals surface area contributed by atoms with E-state index in [4.69, 9.17) is 18.6 Å². The van der Waals surface area contributed by atoms with E-state index in [1.165, 1.54) is 0 Å². The number of furan rings is 1. The molecule has 2 heterocycles. The second-order valence-electron chi connectivity index (χ2n) is 6.73. The lowest BCUT2D eigenvalue weighted by Crippen LogP contribution is -2.20. The van der Waals surface area contributed by atoms with Crippen molar-refractivity contribution in [3.63, 3.8) is 0 Å². The number of aromatic nitrogens is 1. The number of carbonyl (C=O) groups is 2. The monoisotopic (exact) mass is 411 g/mol. The molecule has 30 heavy (non-hydrogen) atoms. The first kappa shape index (κ1) is 21.2. The van der Waals surface area contributed by atoms with Gasteiger partial charge in [0.15, 0.2) is 13.2 Å². The van der Waals surface area contributed by atoms with Crippen LogP contribution in [0.2, 0.25) is 0 Å². The molecule has 1 aromatic carbocycles. The molecule has 0 aliphatic rings. The zero-order valence-corrected chi connectivity index (χ0v) is 17.3. The minimum absolute atomic E-state index is 0.261. The number of esters is 1. The zero-order chi connectivity index (χ0) is 21.5. The maximum atomic E-state index is 12.5. The van der Waals surface area contributed by atoms with Gasteiger partial charge in [-0.05, 0) is 63.2 Å². The third-order valence-electron chi connectivity index (χ3n) is 4.62. The number of hydrogen-bond acceptors (Lipinski definition) is 6. The maximum Gasteiger partial charge on any atom is 0.344 e. The third kappa shape index (κ3) is 5.31. The summed E-state index contributed by atoms with van der Waals surface area (Å²) >= 11 is 0. The molecule has 2 aromatic heterocycles. The van der Waals surface area contributed by atoms with E-state index in [0.29, 0.717) is 24.5 Å². The van der Waals surface area contributed by atoms with Crippen molar-refractivity contribution in [1.82, 2.24) is 4.57 Å². The number of aryl methyl sites for hydroxylation is 1. The number of benzene rings is 1. The molecule has 7 nitrogen and oxygen atoms in total. The average molecular weight is 411 g/mol. The summed E-state index contributed by atoms with van der Waals surface area (Å²) in [5.74, 6) is 1.17. The van der Waals surface area contributed by atoms with Crippen LogP contribution in [0.15, 0.2) is 53.1 Å². The normalized spacial score (nSPS) is 10.6. The van der Waals surface area contributed by atoms with Gasteiger partial charge in [0.05, 0.1) is 19.4 Å². The lowest BCUT2D eigenvalue weighted by molar-refractivity contribution is -0.144. The molecule has 0 N–H and O–H groups in total. The molecule has 0 saturated heterocycles. The molecule has 0 aliphatic carbocycles. The van der Waals surface area contributed by atoms with Crippen molar-refractivity contribution in [2.45, 2.75) is 27.3 Å². The Bertz CT molecular complexity index is 986. The highest BCUT2D eigenvalue weighted by Crippen LogP contribution is 2.19. The molecule has 3 rings (SSSR count). The van der Waals surface area contributed by atoms with Crippen molar-refractivity contribution in [1.29, 1.82) is 0 Å². The van der Waals surface area contributed by atoms with Crippen LogP contribution in [0.1, 0.15) is 34.4 Å². The van der Waals surface area contributed by atoms with Crippen molar-refractivity contribution < 1.29 is 28.2 Å². The molecule has 0 unspecified atom stereocenters.